The molecule has 0 aliphatic heterocycles. The standard InChI is InChI=1S/C23H33N5O/c1-6-13-27(14-7-2)15-12-24-21-16-17(3)25-23-22(18(4)26-28(21)23)19-10-8-9-11-20(19)29-5/h8-11,16,24H,6-7,12-15H2,1-5H3. The van der Waals surface area contributed by atoms with Crippen LogP contribution in [0.3, 0.4) is 0 Å². The van der Waals surface area contributed by atoms with Gasteiger partial charge >= 0.3 is 0 Å². The molecule has 0 radical (unpaired) electrons. The Hall–Kier alpha value is -2.60. The third kappa shape index (κ3) is 4.70. The van der Waals surface area contributed by atoms with Crippen LogP contribution in [-0.2, 0) is 0 Å². The van der Waals surface area contributed by atoms with E-state index >= 15 is 0 Å². The summed E-state index contributed by atoms with van der Waals surface area (Å²) >= 11 is 0. The number of aryl methyl sites for hydroxylation is 2. The lowest BCUT2D eigenvalue weighted by molar-refractivity contribution is 0.285. The molecule has 3 rings (SSSR count). The van der Waals surface area contributed by atoms with E-state index < -0.39 is 0 Å². The fraction of sp³-hybridized carbons (Fsp3) is 0.478. The van der Waals surface area contributed by atoms with Crippen LogP contribution < -0.4 is 10.1 Å². The SMILES string of the molecule is CCCN(CCC)CCNc1cc(C)nc2c(-c3ccccc3OC)c(C)nn12. The number of benzene rings is 1. The Morgan fingerprint density at radius 1 is 1.07 bits per heavy atom. The number of hydrogen-bond acceptors (Lipinski definition) is 5. The number of ether oxygens (including phenoxy) is 1. The third-order valence-electron chi connectivity index (χ3n) is 5.08. The Bertz CT molecular complexity index is 944. The van der Waals surface area contributed by atoms with Gasteiger partial charge in [0, 0.05) is 30.4 Å². The summed E-state index contributed by atoms with van der Waals surface area (Å²) in [5, 5.41) is 8.38. The van der Waals surface area contributed by atoms with Crippen molar-refractivity contribution in [2.75, 3.05) is 38.6 Å². The molecule has 0 saturated heterocycles. The molecule has 1 aromatic carbocycles. The summed E-state index contributed by atoms with van der Waals surface area (Å²) < 4.78 is 7.51. The molecule has 156 valence electrons. The zero-order valence-electron chi connectivity index (χ0n) is 18.3. The first kappa shape index (κ1) is 21.1. The van der Waals surface area contributed by atoms with Gasteiger partial charge in [0.2, 0.25) is 0 Å². The molecule has 0 spiro atoms. The van der Waals surface area contributed by atoms with Crippen LogP contribution in [0.15, 0.2) is 30.3 Å². The van der Waals surface area contributed by atoms with Crippen molar-refractivity contribution in [3.8, 4) is 16.9 Å². The second-order valence-corrected chi connectivity index (χ2v) is 7.45. The van der Waals surface area contributed by atoms with Crippen molar-refractivity contribution >= 4 is 11.5 Å². The minimum Gasteiger partial charge on any atom is -0.496 e. The number of methoxy groups -OCH3 is 1. The monoisotopic (exact) mass is 395 g/mol. The number of fused-ring (bicyclic) bond motifs is 1. The first-order chi connectivity index (χ1) is 14.1. The second-order valence-electron chi connectivity index (χ2n) is 7.45. The largest absolute Gasteiger partial charge is 0.496 e. The van der Waals surface area contributed by atoms with Crippen molar-refractivity contribution in [3.05, 3.63) is 41.7 Å². The number of para-hydroxylation sites is 1. The first-order valence-corrected chi connectivity index (χ1v) is 10.6. The van der Waals surface area contributed by atoms with Crippen LogP contribution in [-0.4, -0.2) is 52.8 Å². The molecule has 6 nitrogen and oxygen atoms in total. The van der Waals surface area contributed by atoms with Gasteiger partial charge in [0.15, 0.2) is 5.65 Å². The van der Waals surface area contributed by atoms with E-state index in [0.717, 1.165) is 65.9 Å². The maximum absolute atomic E-state index is 5.58. The van der Waals surface area contributed by atoms with Gasteiger partial charge in [-0.1, -0.05) is 32.0 Å². The van der Waals surface area contributed by atoms with E-state index in [1.807, 2.05) is 36.6 Å². The minimum absolute atomic E-state index is 0.832. The molecular formula is C23H33N5O. The van der Waals surface area contributed by atoms with E-state index in [9.17, 15) is 0 Å². The topological polar surface area (TPSA) is 54.7 Å². The Kier molecular flexibility index (Phi) is 7.09. The Balaban J connectivity index is 1.92. The molecule has 3 aromatic rings. The van der Waals surface area contributed by atoms with E-state index in [1.54, 1.807) is 7.11 Å². The first-order valence-electron chi connectivity index (χ1n) is 10.6. The van der Waals surface area contributed by atoms with E-state index in [0.29, 0.717) is 0 Å². The fourth-order valence-corrected chi connectivity index (χ4v) is 3.85. The van der Waals surface area contributed by atoms with Crippen LogP contribution in [0.2, 0.25) is 0 Å². The van der Waals surface area contributed by atoms with Crippen molar-refractivity contribution in [2.45, 2.75) is 40.5 Å². The summed E-state index contributed by atoms with van der Waals surface area (Å²) in [5.41, 5.74) is 4.80. The number of nitrogens with zero attached hydrogens (tertiary/aromatic N) is 4. The van der Waals surface area contributed by atoms with Gasteiger partial charge in [0.25, 0.3) is 0 Å². The molecule has 0 unspecified atom stereocenters. The molecular weight excluding hydrogens is 362 g/mol. The smallest absolute Gasteiger partial charge is 0.165 e. The van der Waals surface area contributed by atoms with Crippen molar-refractivity contribution in [1.82, 2.24) is 19.5 Å². The lowest BCUT2D eigenvalue weighted by atomic mass is 10.1. The van der Waals surface area contributed by atoms with Gasteiger partial charge in [-0.15, -0.1) is 0 Å². The van der Waals surface area contributed by atoms with Crippen LogP contribution in [0.5, 0.6) is 5.75 Å². The summed E-state index contributed by atoms with van der Waals surface area (Å²) in [6.45, 7) is 12.7. The van der Waals surface area contributed by atoms with Gasteiger partial charge in [-0.25, -0.2) is 4.98 Å². The van der Waals surface area contributed by atoms with Crippen molar-refractivity contribution in [1.29, 1.82) is 0 Å². The predicted octanol–water partition coefficient (Wildman–Crippen LogP) is 4.56. The zero-order valence-corrected chi connectivity index (χ0v) is 18.3. The third-order valence-corrected chi connectivity index (χ3v) is 5.08. The van der Waals surface area contributed by atoms with E-state index in [1.165, 1.54) is 12.8 Å². The molecule has 0 aliphatic carbocycles. The molecule has 2 aromatic heterocycles. The quantitative estimate of drug-likeness (QED) is 0.545. The van der Waals surface area contributed by atoms with E-state index in [4.69, 9.17) is 14.8 Å². The van der Waals surface area contributed by atoms with Crippen LogP contribution in [0.25, 0.3) is 16.8 Å². The second kappa shape index (κ2) is 9.74. The summed E-state index contributed by atoms with van der Waals surface area (Å²) in [7, 11) is 1.70. The lowest BCUT2D eigenvalue weighted by Crippen LogP contribution is -2.31. The van der Waals surface area contributed by atoms with Crippen molar-refractivity contribution in [3.63, 3.8) is 0 Å². The van der Waals surface area contributed by atoms with Crippen molar-refractivity contribution < 1.29 is 4.74 Å². The van der Waals surface area contributed by atoms with Crippen LogP contribution in [0.4, 0.5) is 5.82 Å². The molecule has 0 amide bonds. The van der Waals surface area contributed by atoms with Gasteiger partial charge in [-0.2, -0.15) is 9.61 Å². The van der Waals surface area contributed by atoms with Crippen molar-refractivity contribution in [2.24, 2.45) is 0 Å². The van der Waals surface area contributed by atoms with E-state index in [-0.39, 0.29) is 0 Å². The highest BCUT2D eigenvalue weighted by Crippen LogP contribution is 2.35. The minimum atomic E-state index is 0.832. The predicted molar refractivity (Wildman–Crippen MR) is 120 cm³/mol. The molecule has 0 saturated carbocycles. The molecule has 1 N–H and O–H groups in total. The summed E-state index contributed by atoms with van der Waals surface area (Å²) in [5.74, 6) is 1.81. The van der Waals surface area contributed by atoms with Gasteiger partial charge in [-0.3, -0.25) is 0 Å². The highest BCUT2D eigenvalue weighted by atomic mass is 16.5. The molecule has 29 heavy (non-hydrogen) atoms. The average Bonchev–Trinajstić information content (AvgIpc) is 3.03. The summed E-state index contributed by atoms with van der Waals surface area (Å²) in [6.07, 6.45) is 2.36. The van der Waals surface area contributed by atoms with Gasteiger partial charge in [0.05, 0.1) is 18.4 Å². The summed E-state index contributed by atoms with van der Waals surface area (Å²) in [6, 6.07) is 10.1. The molecule has 0 aliphatic rings. The lowest BCUT2D eigenvalue weighted by Gasteiger charge is -2.21. The summed E-state index contributed by atoms with van der Waals surface area (Å²) in [4.78, 5) is 7.31. The number of anilines is 1. The number of hydrogen-bond donors (Lipinski definition) is 1. The average molecular weight is 396 g/mol. The Morgan fingerprint density at radius 2 is 1.79 bits per heavy atom. The van der Waals surface area contributed by atoms with Gasteiger partial charge in [-0.05, 0) is 45.8 Å². The van der Waals surface area contributed by atoms with Crippen LogP contribution in [0, 0.1) is 13.8 Å². The maximum Gasteiger partial charge on any atom is 0.165 e. The van der Waals surface area contributed by atoms with Gasteiger partial charge in [0.1, 0.15) is 11.6 Å². The zero-order chi connectivity index (χ0) is 20.8. The normalized spacial score (nSPS) is 11.4. The number of nitrogens with one attached hydrogen (secondary N) is 1. The Labute approximate surface area is 173 Å². The highest BCUT2D eigenvalue weighted by molar-refractivity contribution is 5.84. The maximum atomic E-state index is 5.58. The van der Waals surface area contributed by atoms with Gasteiger partial charge < -0.3 is 15.0 Å². The van der Waals surface area contributed by atoms with Crippen LogP contribution >= 0.6 is 0 Å². The highest BCUT2D eigenvalue weighted by Gasteiger charge is 2.18. The van der Waals surface area contributed by atoms with E-state index in [2.05, 4.69) is 36.2 Å². The molecule has 0 atom stereocenters. The molecule has 6 heteroatoms. The Morgan fingerprint density at radius 3 is 2.48 bits per heavy atom. The van der Waals surface area contributed by atoms with Crippen LogP contribution in [0.1, 0.15) is 38.1 Å². The molecule has 2 heterocycles. The molecule has 0 bridgehead atoms. The number of aromatic nitrogens is 3. The number of rotatable bonds is 10. The molecule has 0 fully saturated rings. The fourth-order valence-electron chi connectivity index (χ4n) is 3.85.